The van der Waals surface area contributed by atoms with Gasteiger partial charge in [-0.15, -0.1) is 11.3 Å². The number of carbonyl (C=O) groups is 2. The van der Waals surface area contributed by atoms with E-state index in [0.717, 1.165) is 34.8 Å². The highest BCUT2D eigenvalue weighted by atomic mass is 32.2. The molecule has 1 amide bonds. The molecule has 2 aromatic heterocycles. The third-order valence-electron chi connectivity index (χ3n) is 4.84. The van der Waals surface area contributed by atoms with Crippen LogP contribution >= 0.6 is 23.1 Å². The van der Waals surface area contributed by atoms with Crippen LogP contribution in [0, 0.1) is 0 Å². The van der Waals surface area contributed by atoms with Crippen molar-refractivity contribution in [2.75, 3.05) is 44.0 Å². The monoisotopic (exact) mass is 472 g/mol. The third-order valence-corrected chi connectivity index (χ3v) is 6.66. The topological polar surface area (TPSA) is 93.6 Å². The number of morpholine rings is 1. The molecule has 0 saturated carbocycles. The molecule has 0 spiro atoms. The lowest BCUT2D eigenvalue weighted by atomic mass is 10.2. The molecule has 3 heterocycles. The number of esters is 1. The van der Waals surface area contributed by atoms with E-state index in [0.29, 0.717) is 30.3 Å². The summed E-state index contributed by atoms with van der Waals surface area (Å²) in [7, 11) is 0. The molecular weight excluding hydrogens is 448 g/mol. The maximum Gasteiger partial charge on any atom is 0.341 e. The Morgan fingerprint density at radius 1 is 1.22 bits per heavy atom. The van der Waals surface area contributed by atoms with Crippen LogP contribution in [-0.2, 0) is 20.8 Å². The number of nitrogens with zero attached hydrogens (tertiary/aromatic N) is 3. The van der Waals surface area contributed by atoms with Gasteiger partial charge in [-0.3, -0.25) is 9.69 Å². The molecular formula is C22H24N4O4S2. The Kier molecular flexibility index (Phi) is 7.69. The average molecular weight is 473 g/mol. The van der Waals surface area contributed by atoms with Gasteiger partial charge in [0.05, 0.1) is 43.2 Å². The number of amides is 1. The van der Waals surface area contributed by atoms with E-state index in [1.807, 2.05) is 24.3 Å². The number of rotatable bonds is 8. The Labute approximate surface area is 194 Å². The summed E-state index contributed by atoms with van der Waals surface area (Å²) in [5.74, 6) is 0.251. The molecule has 0 bridgehead atoms. The molecule has 1 fully saturated rings. The van der Waals surface area contributed by atoms with Crippen LogP contribution < -0.4 is 5.32 Å². The zero-order valence-electron chi connectivity index (χ0n) is 17.7. The molecule has 1 aliphatic heterocycles. The van der Waals surface area contributed by atoms with Gasteiger partial charge in [0.15, 0.2) is 0 Å². The van der Waals surface area contributed by atoms with Gasteiger partial charge in [-0.2, -0.15) is 0 Å². The predicted molar refractivity (Wildman–Crippen MR) is 125 cm³/mol. The number of hydrogen-bond donors (Lipinski definition) is 1. The molecule has 10 heteroatoms. The Hall–Kier alpha value is -2.53. The van der Waals surface area contributed by atoms with Crippen molar-refractivity contribution in [3.8, 4) is 0 Å². The summed E-state index contributed by atoms with van der Waals surface area (Å²) in [4.78, 5) is 36.4. The van der Waals surface area contributed by atoms with Crippen LogP contribution in [-0.4, -0.2) is 65.4 Å². The maximum absolute atomic E-state index is 12.6. The predicted octanol–water partition coefficient (Wildman–Crippen LogP) is 3.43. The molecule has 1 N–H and O–H groups in total. The zero-order chi connectivity index (χ0) is 22.3. The number of nitrogens with one attached hydrogen (secondary N) is 1. The number of carbonyl (C=O) groups excluding carboxylic acids is 2. The molecule has 1 aliphatic rings. The van der Waals surface area contributed by atoms with Crippen LogP contribution in [0.2, 0.25) is 0 Å². The molecule has 0 aliphatic carbocycles. The number of fused-ring (bicyclic) bond motifs is 1. The van der Waals surface area contributed by atoms with Gasteiger partial charge >= 0.3 is 5.97 Å². The summed E-state index contributed by atoms with van der Waals surface area (Å²) in [5, 5.41) is 6.76. The van der Waals surface area contributed by atoms with Crippen LogP contribution in [0.25, 0.3) is 10.9 Å². The second kappa shape index (κ2) is 10.9. The van der Waals surface area contributed by atoms with Gasteiger partial charge in [0.1, 0.15) is 15.9 Å². The Morgan fingerprint density at radius 3 is 2.84 bits per heavy atom. The number of aromatic nitrogens is 2. The van der Waals surface area contributed by atoms with Gasteiger partial charge in [-0.1, -0.05) is 30.0 Å². The molecule has 1 aromatic carbocycles. The highest BCUT2D eigenvalue weighted by molar-refractivity contribution is 8.00. The molecule has 3 aromatic rings. The first-order valence-corrected chi connectivity index (χ1v) is 12.2. The summed E-state index contributed by atoms with van der Waals surface area (Å²) in [5.41, 5.74) is 1.23. The van der Waals surface area contributed by atoms with Gasteiger partial charge in [0.25, 0.3) is 0 Å². The van der Waals surface area contributed by atoms with E-state index in [9.17, 15) is 9.59 Å². The summed E-state index contributed by atoms with van der Waals surface area (Å²) >= 11 is 2.66. The number of thioether (sulfide) groups is 1. The zero-order valence-corrected chi connectivity index (χ0v) is 19.3. The SMILES string of the molecule is CCOC(=O)c1ccsc1NC(=O)CSc1nc(CN2CCOCC2)nc2ccccc12. The van der Waals surface area contributed by atoms with Crippen molar-refractivity contribution in [1.82, 2.24) is 14.9 Å². The van der Waals surface area contributed by atoms with E-state index in [1.165, 1.54) is 23.1 Å². The Bertz CT molecular complexity index is 1100. The highest BCUT2D eigenvalue weighted by Crippen LogP contribution is 2.27. The largest absolute Gasteiger partial charge is 0.462 e. The smallest absolute Gasteiger partial charge is 0.341 e. The van der Waals surface area contributed by atoms with Crippen LogP contribution in [0.4, 0.5) is 5.00 Å². The number of ether oxygens (including phenoxy) is 2. The molecule has 0 radical (unpaired) electrons. The van der Waals surface area contributed by atoms with Crippen LogP contribution in [0.15, 0.2) is 40.7 Å². The fourth-order valence-corrected chi connectivity index (χ4v) is 4.94. The Balaban J connectivity index is 1.46. The maximum atomic E-state index is 12.6. The summed E-state index contributed by atoms with van der Waals surface area (Å²) in [6.07, 6.45) is 0. The lowest BCUT2D eigenvalue weighted by Crippen LogP contribution is -2.36. The summed E-state index contributed by atoms with van der Waals surface area (Å²) in [6, 6.07) is 9.46. The summed E-state index contributed by atoms with van der Waals surface area (Å²) in [6.45, 7) is 5.81. The fraction of sp³-hybridized carbons (Fsp3) is 0.364. The molecule has 4 rings (SSSR count). The number of para-hydroxylation sites is 1. The van der Waals surface area contributed by atoms with E-state index >= 15 is 0 Å². The molecule has 0 atom stereocenters. The fourth-order valence-electron chi connectivity index (χ4n) is 3.31. The van der Waals surface area contributed by atoms with Crippen molar-refractivity contribution in [3.63, 3.8) is 0 Å². The minimum absolute atomic E-state index is 0.165. The quantitative estimate of drug-likeness (QED) is 0.303. The first kappa shape index (κ1) is 22.7. The van der Waals surface area contributed by atoms with Gasteiger partial charge in [-0.25, -0.2) is 14.8 Å². The molecule has 8 nitrogen and oxygen atoms in total. The van der Waals surface area contributed by atoms with E-state index in [2.05, 4.69) is 10.2 Å². The van der Waals surface area contributed by atoms with Crippen molar-refractivity contribution in [2.24, 2.45) is 0 Å². The number of benzene rings is 1. The average Bonchev–Trinajstić information content (AvgIpc) is 3.26. The van der Waals surface area contributed by atoms with Crippen molar-refractivity contribution < 1.29 is 19.1 Å². The van der Waals surface area contributed by atoms with E-state index in [4.69, 9.17) is 19.4 Å². The molecule has 32 heavy (non-hydrogen) atoms. The second-order valence-corrected chi connectivity index (χ2v) is 8.95. The first-order chi connectivity index (χ1) is 15.6. The van der Waals surface area contributed by atoms with Gasteiger partial charge < -0.3 is 14.8 Å². The van der Waals surface area contributed by atoms with E-state index < -0.39 is 5.97 Å². The van der Waals surface area contributed by atoms with Crippen molar-refractivity contribution in [2.45, 2.75) is 18.5 Å². The number of thiophene rings is 1. The molecule has 1 saturated heterocycles. The van der Waals surface area contributed by atoms with E-state index in [-0.39, 0.29) is 18.3 Å². The Morgan fingerprint density at radius 2 is 2.03 bits per heavy atom. The minimum atomic E-state index is -0.439. The van der Waals surface area contributed by atoms with Crippen molar-refractivity contribution in [1.29, 1.82) is 0 Å². The number of hydrogen-bond acceptors (Lipinski definition) is 9. The molecule has 168 valence electrons. The van der Waals surface area contributed by atoms with Crippen molar-refractivity contribution >= 4 is 50.9 Å². The third kappa shape index (κ3) is 5.63. The van der Waals surface area contributed by atoms with Crippen molar-refractivity contribution in [3.05, 3.63) is 47.1 Å². The number of anilines is 1. The highest BCUT2D eigenvalue weighted by Gasteiger charge is 2.18. The van der Waals surface area contributed by atoms with Gasteiger partial charge in [0.2, 0.25) is 5.91 Å². The minimum Gasteiger partial charge on any atom is -0.462 e. The molecule has 0 unspecified atom stereocenters. The van der Waals surface area contributed by atoms with Crippen LogP contribution in [0.1, 0.15) is 23.1 Å². The first-order valence-electron chi connectivity index (χ1n) is 10.4. The normalized spacial score (nSPS) is 14.4. The van der Waals surface area contributed by atoms with E-state index in [1.54, 1.807) is 18.4 Å². The van der Waals surface area contributed by atoms with Crippen LogP contribution in [0.3, 0.4) is 0 Å². The lowest BCUT2D eigenvalue weighted by molar-refractivity contribution is -0.113. The van der Waals surface area contributed by atoms with Gasteiger partial charge in [-0.05, 0) is 24.4 Å². The van der Waals surface area contributed by atoms with Gasteiger partial charge in [0, 0.05) is 18.5 Å². The standard InChI is InChI=1S/C22H24N4O4S2/c1-2-30-22(28)16-7-12-31-21(16)25-19(27)14-32-20-15-5-3-4-6-17(15)23-18(24-20)13-26-8-10-29-11-9-26/h3-7,12H,2,8-11,13-14H2,1H3,(H,25,27). The summed E-state index contributed by atoms with van der Waals surface area (Å²) < 4.78 is 10.5. The lowest BCUT2D eigenvalue weighted by Gasteiger charge is -2.25. The second-order valence-electron chi connectivity index (χ2n) is 7.07. The van der Waals surface area contributed by atoms with Crippen LogP contribution in [0.5, 0.6) is 0 Å².